The van der Waals surface area contributed by atoms with E-state index >= 15 is 0 Å². The van der Waals surface area contributed by atoms with Crippen molar-refractivity contribution in [2.45, 2.75) is 31.2 Å². The van der Waals surface area contributed by atoms with Gasteiger partial charge >= 0.3 is 0 Å². The van der Waals surface area contributed by atoms with E-state index in [4.69, 9.17) is 9.47 Å². The fourth-order valence-electron chi connectivity index (χ4n) is 4.56. The number of morpholine rings is 1. The van der Waals surface area contributed by atoms with Crippen molar-refractivity contribution >= 4 is 10.8 Å². The van der Waals surface area contributed by atoms with Crippen molar-refractivity contribution in [3.05, 3.63) is 48.7 Å². The number of nitrogens with zero attached hydrogens (tertiary/aromatic N) is 3. The molecule has 2 aliphatic rings. The molecule has 1 aromatic heterocycles. The van der Waals surface area contributed by atoms with Gasteiger partial charge in [-0.3, -0.25) is 9.58 Å². The molecule has 0 aliphatic carbocycles. The number of β-amino-alcohol motifs (C(OH)–C–C–N with tert-alkyl or cyclic N) is 1. The summed E-state index contributed by atoms with van der Waals surface area (Å²) in [6.45, 7) is 2.73. The van der Waals surface area contributed by atoms with Crippen molar-refractivity contribution in [1.82, 2.24) is 14.7 Å². The van der Waals surface area contributed by atoms with Gasteiger partial charge in [0.2, 0.25) is 0 Å². The van der Waals surface area contributed by atoms with E-state index in [-0.39, 0.29) is 6.61 Å². The van der Waals surface area contributed by atoms with Gasteiger partial charge in [0.15, 0.2) is 0 Å². The minimum absolute atomic E-state index is 0.277. The molecule has 29 heavy (non-hydrogen) atoms. The quantitative estimate of drug-likeness (QED) is 0.698. The first-order valence-electron chi connectivity index (χ1n) is 10.4. The molecule has 2 bridgehead atoms. The average molecular weight is 393 g/mol. The topological polar surface area (TPSA) is 59.8 Å². The minimum atomic E-state index is -0.526. The summed E-state index contributed by atoms with van der Waals surface area (Å²) in [4.78, 5) is 2.31. The number of aliphatic hydroxyl groups is 1. The van der Waals surface area contributed by atoms with E-state index in [1.54, 1.807) is 0 Å². The van der Waals surface area contributed by atoms with E-state index in [0.29, 0.717) is 18.8 Å². The van der Waals surface area contributed by atoms with Crippen LogP contribution in [0.3, 0.4) is 0 Å². The van der Waals surface area contributed by atoms with Crippen molar-refractivity contribution in [2.24, 2.45) is 7.05 Å². The second-order valence-corrected chi connectivity index (χ2v) is 8.17. The zero-order valence-electron chi connectivity index (χ0n) is 16.7. The van der Waals surface area contributed by atoms with E-state index in [2.05, 4.69) is 22.1 Å². The van der Waals surface area contributed by atoms with Crippen molar-refractivity contribution in [3.63, 3.8) is 0 Å². The lowest BCUT2D eigenvalue weighted by atomic mass is 10.0. The molecule has 0 spiro atoms. The number of aryl methyl sites for hydroxylation is 1. The Bertz CT molecular complexity index is 990. The van der Waals surface area contributed by atoms with Gasteiger partial charge in [0.25, 0.3) is 0 Å². The largest absolute Gasteiger partial charge is 0.490 e. The zero-order valence-corrected chi connectivity index (χ0v) is 16.7. The highest BCUT2D eigenvalue weighted by atomic mass is 16.5. The van der Waals surface area contributed by atoms with Gasteiger partial charge < -0.3 is 14.6 Å². The maximum Gasteiger partial charge on any atom is 0.127 e. The molecule has 2 aliphatic heterocycles. The zero-order chi connectivity index (χ0) is 19.8. The molecular formula is C23H27N3O3. The molecule has 5 rings (SSSR count). The highest BCUT2D eigenvalue weighted by Crippen LogP contribution is 2.34. The van der Waals surface area contributed by atoms with E-state index in [1.807, 2.05) is 48.3 Å². The molecule has 2 saturated heterocycles. The molecule has 0 saturated carbocycles. The van der Waals surface area contributed by atoms with E-state index in [0.717, 1.165) is 53.7 Å². The Morgan fingerprint density at radius 1 is 1.10 bits per heavy atom. The summed E-state index contributed by atoms with van der Waals surface area (Å²) in [6.07, 6.45) is 4.38. The van der Waals surface area contributed by atoms with Crippen molar-refractivity contribution in [3.8, 4) is 17.0 Å². The van der Waals surface area contributed by atoms with E-state index in [9.17, 15) is 5.11 Å². The molecule has 0 amide bonds. The van der Waals surface area contributed by atoms with Gasteiger partial charge in [0.1, 0.15) is 18.5 Å². The number of aliphatic hydroxyl groups excluding tert-OH is 1. The van der Waals surface area contributed by atoms with Crippen LogP contribution in [-0.4, -0.2) is 64.3 Å². The van der Waals surface area contributed by atoms with Crippen LogP contribution in [-0.2, 0) is 11.8 Å². The molecule has 2 aromatic carbocycles. The van der Waals surface area contributed by atoms with Crippen LogP contribution in [0.4, 0.5) is 0 Å². The highest BCUT2D eigenvalue weighted by molar-refractivity contribution is 5.99. The van der Waals surface area contributed by atoms with Crippen LogP contribution in [0, 0.1) is 0 Å². The van der Waals surface area contributed by atoms with Gasteiger partial charge in [-0.05, 0) is 36.4 Å². The Labute approximate surface area is 170 Å². The highest BCUT2D eigenvalue weighted by Gasteiger charge is 2.34. The fraction of sp³-hybridized carbons (Fsp3) is 0.435. The lowest BCUT2D eigenvalue weighted by molar-refractivity contribution is -0.0528. The van der Waals surface area contributed by atoms with Crippen LogP contribution in [0.25, 0.3) is 22.0 Å². The maximum atomic E-state index is 10.5. The number of aromatic nitrogens is 2. The summed E-state index contributed by atoms with van der Waals surface area (Å²) in [7, 11) is 1.92. The first-order valence-corrected chi connectivity index (χ1v) is 10.4. The van der Waals surface area contributed by atoms with Crippen LogP contribution < -0.4 is 4.74 Å². The molecule has 152 valence electrons. The molecular weight excluding hydrogens is 366 g/mol. The molecule has 0 radical (unpaired) electrons. The number of benzene rings is 2. The molecule has 3 aromatic rings. The third-order valence-electron chi connectivity index (χ3n) is 5.89. The normalized spacial score (nSPS) is 22.8. The summed E-state index contributed by atoms with van der Waals surface area (Å²) < 4.78 is 13.7. The van der Waals surface area contributed by atoms with Gasteiger partial charge in [0, 0.05) is 43.8 Å². The number of ether oxygens (including phenoxy) is 2. The molecule has 6 heteroatoms. The van der Waals surface area contributed by atoms with E-state index < -0.39 is 6.10 Å². The first-order chi connectivity index (χ1) is 14.2. The van der Waals surface area contributed by atoms with Crippen LogP contribution in [0.15, 0.2) is 48.7 Å². The third kappa shape index (κ3) is 3.88. The van der Waals surface area contributed by atoms with Gasteiger partial charge in [-0.1, -0.05) is 24.3 Å². The average Bonchev–Trinajstić information content (AvgIpc) is 3.30. The molecule has 1 unspecified atom stereocenters. The summed E-state index contributed by atoms with van der Waals surface area (Å²) in [6, 6.07) is 14.2. The predicted molar refractivity (Wildman–Crippen MR) is 112 cm³/mol. The maximum absolute atomic E-state index is 10.5. The lowest BCUT2D eigenvalue weighted by Crippen LogP contribution is -2.46. The standard InChI is InChI=1S/C23H27N3O3/c1-25-11-10-22(24-25)20-8-9-23(21-5-3-2-4-19(20)21)28-15-16(27)12-26-13-17-6-7-18(14-26)29-17/h2-5,8-11,16-18,27H,6-7,12-15H2,1H3/t16?,17-,18+. The smallest absolute Gasteiger partial charge is 0.127 e. The van der Waals surface area contributed by atoms with Gasteiger partial charge in [0.05, 0.1) is 17.9 Å². The Hall–Kier alpha value is -2.41. The van der Waals surface area contributed by atoms with Crippen LogP contribution in [0.1, 0.15) is 12.8 Å². The van der Waals surface area contributed by atoms with Crippen molar-refractivity contribution in [1.29, 1.82) is 0 Å². The predicted octanol–water partition coefficient (Wildman–Crippen LogP) is 2.84. The third-order valence-corrected chi connectivity index (χ3v) is 5.89. The molecule has 2 fully saturated rings. The lowest BCUT2D eigenvalue weighted by Gasteiger charge is -2.33. The fourth-order valence-corrected chi connectivity index (χ4v) is 4.56. The second-order valence-electron chi connectivity index (χ2n) is 8.17. The SMILES string of the molecule is Cn1ccc(-c2ccc(OCC(O)CN3C[C@H]4CC[C@@H](C3)O4)c3ccccc23)n1. The number of hydrogen-bond acceptors (Lipinski definition) is 5. The second kappa shape index (κ2) is 7.78. The summed E-state index contributed by atoms with van der Waals surface area (Å²) >= 11 is 0. The number of likely N-dealkylation sites (tertiary alicyclic amines) is 1. The summed E-state index contributed by atoms with van der Waals surface area (Å²) in [5.41, 5.74) is 2.02. The van der Waals surface area contributed by atoms with E-state index in [1.165, 1.54) is 0 Å². The van der Waals surface area contributed by atoms with Crippen molar-refractivity contribution in [2.75, 3.05) is 26.2 Å². The Kier molecular flexibility index (Phi) is 4.99. The molecule has 3 atom stereocenters. The Morgan fingerprint density at radius 3 is 2.59 bits per heavy atom. The van der Waals surface area contributed by atoms with Crippen LogP contribution in [0.5, 0.6) is 5.75 Å². The minimum Gasteiger partial charge on any atom is -0.490 e. The molecule has 6 nitrogen and oxygen atoms in total. The number of hydrogen-bond donors (Lipinski definition) is 1. The monoisotopic (exact) mass is 393 g/mol. The van der Waals surface area contributed by atoms with Crippen LogP contribution >= 0.6 is 0 Å². The Balaban J connectivity index is 1.29. The van der Waals surface area contributed by atoms with Gasteiger partial charge in [-0.2, -0.15) is 5.10 Å². The molecule has 3 heterocycles. The van der Waals surface area contributed by atoms with Gasteiger partial charge in [-0.15, -0.1) is 0 Å². The summed E-state index contributed by atoms with van der Waals surface area (Å²) in [5.74, 6) is 0.793. The number of fused-ring (bicyclic) bond motifs is 3. The molecule has 1 N–H and O–H groups in total. The number of rotatable bonds is 6. The van der Waals surface area contributed by atoms with Crippen molar-refractivity contribution < 1.29 is 14.6 Å². The van der Waals surface area contributed by atoms with Gasteiger partial charge in [-0.25, -0.2) is 0 Å². The Morgan fingerprint density at radius 2 is 1.86 bits per heavy atom. The summed E-state index contributed by atoms with van der Waals surface area (Å²) in [5, 5.41) is 17.2. The first kappa shape index (κ1) is 18.6. The van der Waals surface area contributed by atoms with Crippen LogP contribution in [0.2, 0.25) is 0 Å².